The van der Waals surface area contributed by atoms with Crippen LogP contribution in [0.15, 0.2) is 53.7 Å². The van der Waals surface area contributed by atoms with E-state index in [0.717, 1.165) is 16.5 Å². The fourth-order valence-corrected chi connectivity index (χ4v) is 3.97. The summed E-state index contributed by atoms with van der Waals surface area (Å²) < 4.78 is 7.23. The van der Waals surface area contributed by atoms with Crippen LogP contribution in [0.4, 0.5) is 0 Å². The molecule has 0 saturated heterocycles. The molecule has 0 bridgehead atoms. The lowest BCUT2D eigenvalue weighted by Gasteiger charge is -2.10. The Hall–Kier alpha value is -3.30. The fourth-order valence-electron chi connectivity index (χ4n) is 3.09. The van der Waals surface area contributed by atoms with Gasteiger partial charge in [-0.1, -0.05) is 23.4 Å². The van der Waals surface area contributed by atoms with Crippen LogP contribution in [-0.2, 0) is 4.79 Å². The maximum atomic E-state index is 12.2. The molecule has 0 aliphatic rings. The lowest BCUT2D eigenvalue weighted by atomic mass is 10.1. The van der Waals surface area contributed by atoms with E-state index in [1.807, 2.05) is 35.6 Å². The Balaban J connectivity index is 1.47. The molecule has 2 aromatic heterocycles. The molecule has 2 amide bonds. The number of nitrogens with zero attached hydrogens (tertiary/aromatic N) is 3. The van der Waals surface area contributed by atoms with Gasteiger partial charge in [-0.05, 0) is 55.0 Å². The third kappa shape index (κ3) is 4.42. The monoisotopic (exact) mass is 455 g/mol. The minimum atomic E-state index is -0.434. The molecule has 0 aliphatic heterocycles. The van der Waals surface area contributed by atoms with Gasteiger partial charge in [-0.2, -0.15) is 0 Å². The van der Waals surface area contributed by atoms with Crippen molar-refractivity contribution in [2.45, 2.75) is 12.1 Å². The molecule has 10 heteroatoms. The van der Waals surface area contributed by atoms with Gasteiger partial charge in [-0.25, -0.2) is 0 Å². The van der Waals surface area contributed by atoms with Crippen LogP contribution in [0.5, 0.6) is 5.75 Å². The number of hydrazine groups is 1. The lowest BCUT2D eigenvalue weighted by Crippen LogP contribution is -2.42. The Morgan fingerprint density at radius 3 is 2.61 bits per heavy atom. The molecule has 0 fully saturated rings. The number of pyridine rings is 1. The maximum absolute atomic E-state index is 12.2. The second kappa shape index (κ2) is 8.83. The van der Waals surface area contributed by atoms with E-state index in [0.29, 0.717) is 27.1 Å². The Labute approximate surface area is 186 Å². The number of rotatable bonds is 5. The Morgan fingerprint density at radius 2 is 1.87 bits per heavy atom. The lowest BCUT2D eigenvalue weighted by molar-refractivity contribution is -0.119. The van der Waals surface area contributed by atoms with Gasteiger partial charge in [0.2, 0.25) is 5.91 Å². The zero-order valence-electron chi connectivity index (χ0n) is 16.7. The predicted molar refractivity (Wildman–Crippen MR) is 120 cm³/mol. The first-order chi connectivity index (χ1) is 15.0. The Kier molecular flexibility index (Phi) is 5.97. The Morgan fingerprint density at radius 1 is 1.10 bits per heavy atom. The zero-order valence-corrected chi connectivity index (χ0v) is 18.3. The second-order valence-corrected chi connectivity index (χ2v) is 8.06. The fraction of sp³-hybridized carbons (Fsp3) is 0.143. The SMILES string of the molecule is COc1ccc2c(C)cc3nnc(SCC(=O)NNC(=O)c4ccc(Cl)cc4)n3c2c1. The number of hydrogen-bond acceptors (Lipinski definition) is 6. The van der Waals surface area contributed by atoms with Crippen molar-refractivity contribution in [1.82, 2.24) is 25.4 Å². The first-order valence-corrected chi connectivity index (χ1v) is 10.6. The van der Waals surface area contributed by atoms with Crippen LogP contribution < -0.4 is 15.6 Å². The minimum Gasteiger partial charge on any atom is -0.497 e. The summed E-state index contributed by atoms with van der Waals surface area (Å²) >= 11 is 7.03. The number of carbonyl (C=O) groups excluding carboxylic acids is 2. The second-order valence-electron chi connectivity index (χ2n) is 6.68. The van der Waals surface area contributed by atoms with Crippen molar-refractivity contribution < 1.29 is 14.3 Å². The summed E-state index contributed by atoms with van der Waals surface area (Å²) in [6.45, 7) is 2.01. The van der Waals surface area contributed by atoms with Crippen molar-refractivity contribution in [3.63, 3.8) is 0 Å². The van der Waals surface area contributed by atoms with E-state index >= 15 is 0 Å². The van der Waals surface area contributed by atoms with Crippen molar-refractivity contribution >= 4 is 51.7 Å². The number of fused-ring (bicyclic) bond motifs is 3. The predicted octanol–water partition coefficient (Wildman–Crippen LogP) is 3.41. The highest BCUT2D eigenvalue weighted by atomic mass is 35.5. The molecule has 0 aliphatic carbocycles. The van der Waals surface area contributed by atoms with E-state index in [-0.39, 0.29) is 11.7 Å². The van der Waals surface area contributed by atoms with Crippen LogP contribution >= 0.6 is 23.4 Å². The van der Waals surface area contributed by atoms with Gasteiger partial charge in [0, 0.05) is 22.0 Å². The smallest absolute Gasteiger partial charge is 0.269 e. The highest BCUT2D eigenvalue weighted by Crippen LogP contribution is 2.28. The van der Waals surface area contributed by atoms with Gasteiger partial charge in [0.1, 0.15) is 5.75 Å². The molecule has 0 spiro atoms. The summed E-state index contributed by atoms with van der Waals surface area (Å²) in [6.07, 6.45) is 0. The number of benzene rings is 2. The number of nitrogens with one attached hydrogen (secondary N) is 2. The molecule has 0 saturated carbocycles. The largest absolute Gasteiger partial charge is 0.497 e. The molecule has 4 aromatic rings. The van der Waals surface area contributed by atoms with Crippen molar-refractivity contribution in [3.05, 3.63) is 64.7 Å². The van der Waals surface area contributed by atoms with Crippen molar-refractivity contribution in [1.29, 1.82) is 0 Å². The summed E-state index contributed by atoms with van der Waals surface area (Å²) in [4.78, 5) is 24.3. The number of halogens is 1. The summed E-state index contributed by atoms with van der Waals surface area (Å²) in [5.74, 6) is -0.0534. The van der Waals surface area contributed by atoms with Crippen LogP contribution in [0.1, 0.15) is 15.9 Å². The van der Waals surface area contributed by atoms with E-state index in [9.17, 15) is 9.59 Å². The summed E-state index contributed by atoms with van der Waals surface area (Å²) in [5, 5.41) is 10.6. The number of hydrogen-bond donors (Lipinski definition) is 2. The summed E-state index contributed by atoms with van der Waals surface area (Å²) in [7, 11) is 1.61. The molecule has 0 unspecified atom stereocenters. The zero-order chi connectivity index (χ0) is 22.0. The molecule has 2 heterocycles. The number of ether oxygens (including phenoxy) is 1. The van der Waals surface area contributed by atoms with Gasteiger partial charge in [0.05, 0.1) is 18.4 Å². The van der Waals surface area contributed by atoms with Crippen LogP contribution in [0.25, 0.3) is 16.6 Å². The molecule has 2 aromatic carbocycles. The number of aromatic nitrogens is 3. The highest BCUT2D eigenvalue weighted by Gasteiger charge is 2.14. The quantitative estimate of drug-likeness (QED) is 0.353. The van der Waals surface area contributed by atoms with Gasteiger partial charge in [0.25, 0.3) is 5.91 Å². The van der Waals surface area contributed by atoms with E-state index in [1.54, 1.807) is 31.4 Å². The standard InChI is InChI=1S/C21H18ClN5O3S/c1-12-9-18-23-26-21(27(18)17-10-15(30-2)7-8-16(12)17)31-11-19(28)24-25-20(29)13-3-5-14(22)6-4-13/h3-10H,11H2,1-2H3,(H,24,28)(H,25,29). The third-order valence-electron chi connectivity index (χ3n) is 4.63. The minimum absolute atomic E-state index is 0.0427. The number of carbonyl (C=O) groups is 2. The first-order valence-electron chi connectivity index (χ1n) is 9.26. The van der Waals surface area contributed by atoms with Crippen molar-refractivity contribution in [2.24, 2.45) is 0 Å². The molecular weight excluding hydrogens is 438 g/mol. The van der Waals surface area contributed by atoms with Gasteiger partial charge in [-0.15, -0.1) is 10.2 Å². The van der Waals surface area contributed by atoms with Gasteiger partial charge < -0.3 is 4.74 Å². The van der Waals surface area contributed by atoms with E-state index in [1.165, 1.54) is 11.8 Å². The molecule has 8 nitrogen and oxygen atoms in total. The highest BCUT2D eigenvalue weighted by molar-refractivity contribution is 7.99. The number of methoxy groups -OCH3 is 1. The molecule has 31 heavy (non-hydrogen) atoms. The molecule has 4 rings (SSSR count). The van der Waals surface area contributed by atoms with Crippen LogP contribution in [-0.4, -0.2) is 39.3 Å². The van der Waals surface area contributed by atoms with Gasteiger partial charge in [0.15, 0.2) is 10.8 Å². The van der Waals surface area contributed by atoms with Gasteiger partial charge >= 0.3 is 0 Å². The molecular formula is C21H18ClN5O3S. The Bertz CT molecular complexity index is 1290. The van der Waals surface area contributed by atoms with Crippen molar-refractivity contribution in [3.8, 4) is 5.75 Å². The van der Waals surface area contributed by atoms with E-state index < -0.39 is 5.91 Å². The summed E-state index contributed by atoms with van der Waals surface area (Å²) in [5.41, 5.74) is 7.80. The first kappa shape index (κ1) is 21.0. The normalized spacial score (nSPS) is 10.9. The third-order valence-corrected chi connectivity index (χ3v) is 5.81. The van der Waals surface area contributed by atoms with Crippen LogP contribution in [0.3, 0.4) is 0 Å². The molecule has 0 radical (unpaired) electrons. The number of amides is 2. The van der Waals surface area contributed by atoms with E-state index in [4.69, 9.17) is 16.3 Å². The van der Waals surface area contributed by atoms with Gasteiger partial charge in [-0.3, -0.25) is 24.8 Å². The van der Waals surface area contributed by atoms with Crippen LogP contribution in [0.2, 0.25) is 5.02 Å². The van der Waals surface area contributed by atoms with Crippen LogP contribution in [0, 0.1) is 6.92 Å². The molecule has 158 valence electrons. The summed E-state index contributed by atoms with van der Waals surface area (Å²) in [6, 6.07) is 14.1. The molecule has 0 atom stereocenters. The van der Waals surface area contributed by atoms with E-state index in [2.05, 4.69) is 21.0 Å². The topological polar surface area (TPSA) is 97.6 Å². The average molecular weight is 456 g/mol. The van der Waals surface area contributed by atoms with Crippen molar-refractivity contribution in [2.75, 3.05) is 12.9 Å². The maximum Gasteiger partial charge on any atom is 0.269 e. The number of thioether (sulfide) groups is 1. The average Bonchev–Trinajstić information content (AvgIpc) is 3.19. The number of aryl methyl sites for hydroxylation is 1. The molecule has 2 N–H and O–H groups in total.